The Kier molecular flexibility index (Phi) is 8.74. The number of rotatable bonds is 11. The Labute approximate surface area is 128 Å². The van der Waals surface area contributed by atoms with E-state index in [1.807, 2.05) is 18.2 Å². The zero-order chi connectivity index (χ0) is 15.5. The molecule has 1 rings (SSSR count). The average molecular weight is 292 g/mol. The van der Waals surface area contributed by atoms with Crippen molar-refractivity contribution in [1.29, 1.82) is 0 Å². The molecule has 4 heteroatoms. The minimum absolute atomic E-state index is 0.158. The van der Waals surface area contributed by atoms with Gasteiger partial charge in [0.2, 0.25) is 0 Å². The molecule has 0 aliphatic rings. The van der Waals surface area contributed by atoms with Crippen molar-refractivity contribution in [2.45, 2.75) is 26.4 Å². The fourth-order valence-electron chi connectivity index (χ4n) is 1.94. The van der Waals surface area contributed by atoms with Crippen LogP contribution in [0.2, 0.25) is 0 Å². The molecule has 0 aliphatic heterocycles. The molecule has 0 bridgehead atoms. The number of hydrogen-bond donors (Lipinski definition) is 2. The van der Waals surface area contributed by atoms with Gasteiger partial charge in [0.1, 0.15) is 12.4 Å². The Balaban J connectivity index is 2.33. The third-order valence-electron chi connectivity index (χ3n) is 3.12. The smallest absolute Gasteiger partial charge is 0.119 e. The second-order valence-corrected chi connectivity index (χ2v) is 5.34. The lowest BCUT2D eigenvalue weighted by atomic mass is 10.2. The zero-order valence-corrected chi connectivity index (χ0v) is 13.2. The minimum atomic E-state index is 0.158. The number of aliphatic hydroxyl groups is 1. The molecule has 21 heavy (non-hydrogen) atoms. The molecule has 4 nitrogen and oxygen atoms in total. The standard InChI is InChI=1S/C17H28N2O2/c1-4-9-19(10-12-20)11-13-21-17-7-5-16(6-8-17)14-18-15(2)3/h4-8,15,18,20H,1,9-14H2,2-3H3. The van der Waals surface area contributed by atoms with Gasteiger partial charge in [-0.15, -0.1) is 6.58 Å². The Morgan fingerprint density at radius 1 is 1.29 bits per heavy atom. The van der Waals surface area contributed by atoms with Crippen LogP contribution < -0.4 is 10.1 Å². The van der Waals surface area contributed by atoms with E-state index in [9.17, 15) is 0 Å². The van der Waals surface area contributed by atoms with Gasteiger partial charge in [0.25, 0.3) is 0 Å². The fraction of sp³-hybridized carbons (Fsp3) is 0.529. The molecule has 0 fully saturated rings. The van der Waals surface area contributed by atoms with Gasteiger partial charge in [-0.1, -0.05) is 32.1 Å². The first-order valence-electron chi connectivity index (χ1n) is 7.55. The zero-order valence-electron chi connectivity index (χ0n) is 13.2. The normalized spacial score (nSPS) is 11.1. The molecule has 0 heterocycles. The highest BCUT2D eigenvalue weighted by Gasteiger charge is 2.02. The fourth-order valence-corrected chi connectivity index (χ4v) is 1.94. The van der Waals surface area contributed by atoms with Crippen molar-refractivity contribution in [3.63, 3.8) is 0 Å². The third-order valence-corrected chi connectivity index (χ3v) is 3.12. The summed E-state index contributed by atoms with van der Waals surface area (Å²) in [7, 11) is 0. The van der Waals surface area contributed by atoms with E-state index < -0.39 is 0 Å². The van der Waals surface area contributed by atoms with Crippen molar-refractivity contribution in [2.75, 3.05) is 32.8 Å². The number of benzene rings is 1. The van der Waals surface area contributed by atoms with Crippen molar-refractivity contribution >= 4 is 0 Å². The first-order valence-corrected chi connectivity index (χ1v) is 7.55. The highest BCUT2D eigenvalue weighted by atomic mass is 16.5. The summed E-state index contributed by atoms with van der Waals surface area (Å²) in [6, 6.07) is 8.66. The third kappa shape index (κ3) is 7.85. The first-order chi connectivity index (χ1) is 10.2. The topological polar surface area (TPSA) is 44.7 Å². The summed E-state index contributed by atoms with van der Waals surface area (Å²) in [6.07, 6.45) is 1.84. The van der Waals surface area contributed by atoms with Gasteiger partial charge in [0, 0.05) is 32.2 Å². The lowest BCUT2D eigenvalue weighted by molar-refractivity contribution is 0.180. The van der Waals surface area contributed by atoms with Crippen molar-refractivity contribution in [3.05, 3.63) is 42.5 Å². The van der Waals surface area contributed by atoms with Gasteiger partial charge in [-0.25, -0.2) is 0 Å². The van der Waals surface area contributed by atoms with Crippen LogP contribution in [0.5, 0.6) is 5.75 Å². The van der Waals surface area contributed by atoms with Gasteiger partial charge in [-0.05, 0) is 17.7 Å². The number of ether oxygens (including phenoxy) is 1. The lowest BCUT2D eigenvalue weighted by Crippen LogP contribution is -2.31. The SMILES string of the molecule is C=CCN(CCO)CCOc1ccc(CNC(C)C)cc1. The molecule has 1 aromatic rings. The van der Waals surface area contributed by atoms with Crippen LogP contribution in [0.1, 0.15) is 19.4 Å². The molecule has 0 atom stereocenters. The van der Waals surface area contributed by atoms with Crippen LogP contribution in [-0.4, -0.2) is 48.9 Å². The number of aliphatic hydroxyl groups excluding tert-OH is 1. The van der Waals surface area contributed by atoms with Crippen molar-refractivity contribution < 1.29 is 9.84 Å². The Bertz CT molecular complexity index is 390. The van der Waals surface area contributed by atoms with Gasteiger partial charge in [-0.2, -0.15) is 0 Å². The van der Waals surface area contributed by atoms with Crippen LogP contribution in [-0.2, 0) is 6.54 Å². The molecule has 0 saturated heterocycles. The van der Waals surface area contributed by atoms with E-state index in [1.165, 1.54) is 5.56 Å². The molecule has 118 valence electrons. The van der Waals surface area contributed by atoms with E-state index in [4.69, 9.17) is 9.84 Å². The van der Waals surface area contributed by atoms with E-state index in [-0.39, 0.29) is 6.61 Å². The quantitative estimate of drug-likeness (QED) is 0.613. The van der Waals surface area contributed by atoms with Gasteiger partial charge in [0.05, 0.1) is 6.61 Å². The van der Waals surface area contributed by atoms with Crippen molar-refractivity contribution in [1.82, 2.24) is 10.2 Å². The minimum Gasteiger partial charge on any atom is -0.492 e. The summed E-state index contributed by atoms with van der Waals surface area (Å²) >= 11 is 0. The van der Waals surface area contributed by atoms with Crippen LogP contribution in [0, 0.1) is 0 Å². The summed E-state index contributed by atoms with van der Waals surface area (Å²) < 4.78 is 5.73. The molecule has 0 unspecified atom stereocenters. The average Bonchev–Trinajstić information content (AvgIpc) is 2.47. The van der Waals surface area contributed by atoms with E-state index in [2.05, 4.69) is 42.8 Å². The van der Waals surface area contributed by atoms with E-state index in [0.717, 1.165) is 25.4 Å². The molecule has 0 aliphatic carbocycles. The van der Waals surface area contributed by atoms with Crippen LogP contribution in [0.25, 0.3) is 0 Å². The van der Waals surface area contributed by atoms with E-state index >= 15 is 0 Å². The second kappa shape index (κ2) is 10.4. The number of nitrogens with zero attached hydrogens (tertiary/aromatic N) is 1. The molecule has 1 aromatic carbocycles. The summed E-state index contributed by atoms with van der Waals surface area (Å²) in [6.45, 7) is 11.8. The molecule has 0 saturated carbocycles. The van der Waals surface area contributed by atoms with Crippen molar-refractivity contribution in [2.24, 2.45) is 0 Å². The molecule has 0 radical (unpaired) electrons. The maximum Gasteiger partial charge on any atom is 0.119 e. The lowest BCUT2D eigenvalue weighted by Gasteiger charge is -2.19. The van der Waals surface area contributed by atoms with Crippen LogP contribution >= 0.6 is 0 Å². The van der Waals surface area contributed by atoms with E-state index in [0.29, 0.717) is 19.2 Å². The van der Waals surface area contributed by atoms with Gasteiger partial charge < -0.3 is 15.2 Å². The Morgan fingerprint density at radius 2 is 2.00 bits per heavy atom. The maximum atomic E-state index is 8.98. The monoisotopic (exact) mass is 292 g/mol. The summed E-state index contributed by atoms with van der Waals surface area (Å²) in [5.74, 6) is 0.880. The summed E-state index contributed by atoms with van der Waals surface area (Å²) in [5.41, 5.74) is 1.25. The van der Waals surface area contributed by atoms with Gasteiger partial charge in [-0.3, -0.25) is 4.90 Å². The first kappa shape index (κ1) is 17.7. The molecular weight excluding hydrogens is 264 g/mol. The maximum absolute atomic E-state index is 8.98. The molecule has 2 N–H and O–H groups in total. The van der Waals surface area contributed by atoms with Crippen LogP contribution in [0.3, 0.4) is 0 Å². The molecule has 0 aromatic heterocycles. The largest absolute Gasteiger partial charge is 0.492 e. The van der Waals surface area contributed by atoms with E-state index in [1.54, 1.807) is 0 Å². The van der Waals surface area contributed by atoms with Gasteiger partial charge in [0.15, 0.2) is 0 Å². The summed E-state index contributed by atoms with van der Waals surface area (Å²) in [4.78, 5) is 2.11. The molecule has 0 amide bonds. The number of hydrogen-bond acceptors (Lipinski definition) is 4. The van der Waals surface area contributed by atoms with Crippen molar-refractivity contribution in [3.8, 4) is 5.75 Å². The van der Waals surface area contributed by atoms with Crippen LogP contribution in [0.15, 0.2) is 36.9 Å². The highest BCUT2D eigenvalue weighted by Crippen LogP contribution is 2.12. The number of nitrogens with one attached hydrogen (secondary N) is 1. The Hall–Kier alpha value is -1.36. The highest BCUT2D eigenvalue weighted by molar-refractivity contribution is 5.27. The predicted molar refractivity (Wildman–Crippen MR) is 87.6 cm³/mol. The van der Waals surface area contributed by atoms with Crippen LogP contribution in [0.4, 0.5) is 0 Å². The second-order valence-electron chi connectivity index (χ2n) is 5.34. The predicted octanol–water partition coefficient (Wildman–Crippen LogP) is 2.04. The molecular formula is C17H28N2O2. The summed E-state index contributed by atoms with van der Waals surface area (Å²) in [5, 5.41) is 12.4. The Morgan fingerprint density at radius 3 is 2.57 bits per heavy atom. The van der Waals surface area contributed by atoms with Gasteiger partial charge >= 0.3 is 0 Å². The molecule has 0 spiro atoms.